The van der Waals surface area contributed by atoms with Crippen LogP contribution in [0.25, 0.3) is 0 Å². The molecule has 148 valence electrons. The number of nitrogens with zero attached hydrogens (tertiary/aromatic N) is 1. The minimum atomic E-state index is -4.79. The van der Waals surface area contributed by atoms with Crippen LogP contribution in [0.2, 0.25) is 0 Å². The lowest BCUT2D eigenvalue weighted by Gasteiger charge is -2.25. The van der Waals surface area contributed by atoms with E-state index in [1.165, 1.54) is 18.2 Å². The third-order valence-electron chi connectivity index (χ3n) is 3.64. The highest BCUT2D eigenvalue weighted by molar-refractivity contribution is 5.93. The second-order valence-corrected chi connectivity index (χ2v) is 5.81. The summed E-state index contributed by atoms with van der Waals surface area (Å²) in [5, 5.41) is 5.04. The van der Waals surface area contributed by atoms with Crippen LogP contribution in [0.4, 0.5) is 18.0 Å². The molecule has 10 heteroatoms. The van der Waals surface area contributed by atoms with E-state index < -0.39 is 18.4 Å². The number of hydrogen-bond acceptors (Lipinski definition) is 5. The Hall–Kier alpha value is -2.75. The molecular formula is C17H20F3N3O4. The molecule has 0 spiro atoms. The van der Waals surface area contributed by atoms with Gasteiger partial charge >= 0.3 is 18.4 Å². The van der Waals surface area contributed by atoms with Crippen LogP contribution in [-0.2, 0) is 16.1 Å². The van der Waals surface area contributed by atoms with Gasteiger partial charge in [-0.2, -0.15) is 0 Å². The summed E-state index contributed by atoms with van der Waals surface area (Å²) in [6, 6.07) is 5.32. The van der Waals surface area contributed by atoms with E-state index in [1.807, 2.05) is 0 Å². The van der Waals surface area contributed by atoms with E-state index in [4.69, 9.17) is 4.74 Å². The number of hydrogen-bond donors (Lipinski definition) is 2. The fourth-order valence-electron chi connectivity index (χ4n) is 2.56. The Morgan fingerprint density at radius 1 is 1.26 bits per heavy atom. The van der Waals surface area contributed by atoms with E-state index in [0.717, 1.165) is 0 Å². The summed E-state index contributed by atoms with van der Waals surface area (Å²) in [5.41, 5.74) is 0.924. The molecular weight excluding hydrogens is 367 g/mol. The maximum Gasteiger partial charge on any atom is 0.573 e. The van der Waals surface area contributed by atoms with Gasteiger partial charge in [-0.05, 0) is 20.0 Å². The van der Waals surface area contributed by atoms with Crippen molar-refractivity contribution < 1.29 is 32.2 Å². The van der Waals surface area contributed by atoms with E-state index in [2.05, 4.69) is 15.4 Å². The SMILES string of the molecule is CCOC(=O)C1=C(CN(C)Cc2ccccc2OC(F)(F)F)NC(=O)NC1. The van der Waals surface area contributed by atoms with Crippen molar-refractivity contribution in [2.24, 2.45) is 0 Å². The number of esters is 1. The molecule has 1 aromatic carbocycles. The molecule has 0 atom stereocenters. The molecule has 7 nitrogen and oxygen atoms in total. The minimum absolute atomic E-state index is 0.0155. The summed E-state index contributed by atoms with van der Waals surface area (Å²) >= 11 is 0. The number of halogens is 3. The van der Waals surface area contributed by atoms with Gasteiger partial charge in [0.25, 0.3) is 0 Å². The zero-order chi connectivity index (χ0) is 20.0. The van der Waals surface area contributed by atoms with E-state index in [-0.39, 0.29) is 37.6 Å². The Morgan fingerprint density at radius 2 is 1.96 bits per heavy atom. The first-order chi connectivity index (χ1) is 12.7. The molecule has 1 aliphatic rings. The first-order valence-corrected chi connectivity index (χ1v) is 8.15. The van der Waals surface area contributed by atoms with Gasteiger partial charge in [-0.3, -0.25) is 4.90 Å². The van der Waals surface area contributed by atoms with Crippen molar-refractivity contribution in [3.05, 3.63) is 41.1 Å². The van der Waals surface area contributed by atoms with Gasteiger partial charge in [0.1, 0.15) is 5.75 Å². The Bertz CT molecular complexity index is 734. The minimum Gasteiger partial charge on any atom is -0.463 e. The first kappa shape index (κ1) is 20.6. The Labute approximate surface area is 154 Å². The van der Waals surface area contributed by atoms with Crippen LogP contribution in [0.15, 0.2) is 35.5 Å². The second kappa shape index (κ2) is 8.76. The van der Waals surface area contributed by atoms with Gasteiger partial charge in [0.2, 0.25) is 0 Å². The molecule has 2 amide bonds. The van der Waals surface area contributed by atoms with Gasteiger partial charge in [-0.25, -0.2) is 9.59 Å². The van der Waals surface area contributed by atoms with Crippen LogP contribution in [0.3, 0.4) is 0 Å². The largest absolute Gasteiger partial charge is 0.573 e. The Balaban J connectivity index is 2.15. The summed E-state index contributed by atoms with van der Waals surface area (Å²) < 4.78 is 46.6. The summed E-state index contributed by atoms with van der Waals surface area (Å²) in [5.74, 6) is -0.861. The molecule has 2 rings (SSSR count). The van der Waals surface area contributed by atoms with Crippen molar-refractivity contribution >= 4 is 12.0 Å². The molecule has 0 unspecified atom stereocenters. The van der Waals surface area contributed by atoms with Crippen LogP contribution < -0.4 is 15.4 Å². The molecule has 1 heterocycles. The van der Waals surface area contributed by atoms with Crippen LogP contribution in [0, 0.1) is 0 Å². The highest BCUT2D eigenvalue weighted by Gasteiger charge is 2.32. The number of amides is 2. The molecule has 0 saturated carbocycles. The maximum atomic E-state index is 12.5. The Kier molecular flexibility index (Phi) is 6.67. The standard InChI is InChI=1S/C17H20F3N3O4/c1-3-26-15(24)12-8-21-16(25)22-13(12)10-23(2)9-11-6-4-5-7-14(11)27-17(18,19)20/h4-7H,3,8-10H2,1-2H3,(H2,21,22,25). The number of nitrogens with one attached hydrogen (secondary N) is 2. The fraction of sp³-hybridized carbons (Fsp3) is 0.412. The number of likely N-dealkylation sites (N-methyl/N-ethyl adjacent to an activating group) is 1. The number of rotatable bonds is 7. The van der Waals surface area contributed by atoms with Crippen LogP contribution >= 0.6 is 0 Å². The van der Waals surface area contributed by atoms with E-state index in [1.54, 1.807) is 24.9 Å². The number of urea groups is 1. The molecule has 27 heavy (non-hydrogen) atoms. The van der Waals surface area contributed by atoms with E-state index in [9.17, 15) is 22.8 Å². The van der Waals surface area contributed by atoms with Crippen LogP contribution in [0.5, 0.6) is 5.75 Å². The average Bonchev–Trinajstić information content (AvgIpc) is 2.55. The lowest BCUT2D eigenvalue weighted by atomic mass is 10.1. The van der Waals surface area contributed by atoms with Gasteiger partial charge in [0.05, 0.1) is 18.7 Å². The number of para-hydroxylation sites is 1. The highest BCUT2D eigenvalue weighted by Crippen LogP contribution is 2.27. The number of benzene rings is 1. The molecule has 0 saturated heterocycles. The summed E-state index contributed by atoms with van der Waals surface area (Å²) in [4.78, 5) is 25.3. The van der Waals surface area contributed by atoms with Crippen molar-refractivity contribution in [3.63, 3.8) is 0 Å². The maximum absolute atomic E-state index is 12.5. The van der Waals surface area contributed by atoms with Gasteiger partial charge < -0.3 is 20.1 Å². The molecule has 1 aromatic rings. The smallest absolute Gasteiger partial charge is 0.463 e. The topological polar surface area (TPSA) is 79.9 Å². The van der Waals surface area contributed by atoms with E-state index in [0.29, 0.717) is 11.3 Å². The van der Waals surface area contributed by atoms with Gasteiger partial charge in [-0.1, -0.05) is 18.2 Å². The molecule has 0 aliphatic carbocycles. The van der Waals surface area contributed by atoms with Crippen molar-refractivity contribution in [2.45, 2.75) is 19.8 Å². The van der Waals surface area contributed by atoms with Crippen molar-refractivity contribution in [1.29, 1.82) is 0 Å². The van der Waals surface area contributed by atoms with Gasteiger partial charge in [0.15, 0.2) is 0 Å². The molecule has 2 N–H and O–H groups in total. The number of ether oxygens (including phenoxy) is 2. The van der Waals surface area contributed by atoms with E-state index >= 15 is 0 Å². The van der Waals surface area contributed by atoms with Crippen molar-refractivity contribution in [1.82, 2.24) is 15.5 Å². The quantitative estimate of drug-likeness (QED) is 0.701. The lowest BCUT2D eigenvalue weighted by Crippen LogP contribution is -2.46. The molecule has 0 bridgehead atoms. The molecule has 1 aliphatic heterocycles. The summed E-state index contributed by atoms with van der Waals surface area (Å²) in [6.45, 7) is 2.09. The van der Waals surface area contributed by atoms with Crippen molar-refractivity contribution in [2.75, 3.05) is 26.7 Å². The zero-order valence-electron chi connectivity index (χ0n) is 14.9. The summed E-state index contributed by atoms with van der Waals surface area (Å²) in [7, 11) is 1.65. The monoisotopic (exact) mass is 387 g/mol. The molecule has 0 fully saturated rings. The zero-order valence-corrected chi connectivity index (χ0v) is 14.9. The predicted octanol–water partition coefficient (Wildman–Crippen LogP) is 2.15. The van der Waals surface area contributed by atoms with Crippen LogP contribution in [0.1, 0.15) is 12.5 Å². The first-order valence-electron chi connectivity index (χ1n) is 8.15. The van der Waals surface area contributed by atoms with Gasteiger partial charge in [0, 0.05) is 24.4 Å². The fourth-order valence-corrected chi connectivity index (χ4v) is 2.56. The molecule has 0 radical (unpaired) electrons. The second-order valence-electron chi connectivity index (χ2n) is 5.81. The normalized spacial score (nSPS) is 14.7. The lowest BCUT2D eigenvalue weighted by molar-refractivity contribution is -0.275. The van der Waals surface area contributed by atoms with Gasteiger partial charge in [-0.15, -0.1) is 13.2 Å². The average molecular weight is 387 g/mol. The number of carbonyl (C=O) groups is 2. The highest BCUT2D eigenvalue weighted by atomic mass is 19.4. The third kappa shape index (κ3) is 6.17. The van der Waals surface area contributed by atoms with Crippen molar-refractivity contribution in [3.8, 4) is 5.75 Å². The van der Waals surface area contributed by atoms with Crippen LogP contribution in [-0.4, -0.2) is 50.0 Å². The number of alkyl halides is 3. The number of carbonyl (C=O) groups excluding carboxylic acids is 2. The summed E-state index contributed by atoms with van der Waals surface area (Å²) in [6.07, 6.45) is -4.79. The predicted molar refractivity (Wildman–Crippen MR) is 89.7 cm³/mol. The third-order valence-corrected chi connectivity index (χ3v) is 3.64. The Morgan fingerprint density at radius 3 is 2.63 bits per heavy atom. The molecule has 0 aromatic heterocycles.